The van der Waals surface area contributed by atoms with Gasteiger partial charge in [0.2, 0.25) is 11.8 Å². The molecule has 0 aliphatic carbocycles. The minimum absolute atomic E-state index is 0.0394. The predicted molar refractivity (Wildman–Crippen MR) is 76.5 cm³/mol. The number of carbonyl (C=O) groups excluding carboxylic acids is 2. The fourth-order valence-electron chi connectivity index (χ4n) is 2.05. The second-order valence-corrected chi connectivity index (χ2v) is 5.18. The minimum Gasteiger partial charge on any atom is -0.366 e. The lowest BCUT2D eigenvalue weighted by Gasteiger charge is -2.22. The zero-order chi connectivity index (χ0) is 14.5. The summed E-state index contributed by atoms with van der Waals surface area (Å²) in [4.78, 5) is 23.4. The van der Waals surface area contributed by atoms with Gasteiger partial charge < -0.3 is 15.4 Å². The summed E-state index contributed by atoms with van der Waals surface area (Å²) in [6.45, 7) is 5.19. The molecule has 0 radical (unpaired) electrons. The lowest BCUT2D eigenvalue weighted by Crippen LogP contribution is -2.45. The Hall–Kier alpha value is -1.88. The molecule has 1 aromatic carbocycles. The number of morpholine rings is 1. The summed E-state index contributed by atoms with van der Waals surface area (Å²) in [5.41, 5.74) is 1.95. The van der Waals surface area contributed by atoms with Gasteiger partial charge in [-0.15, -0.1) is 0 Å². The van der Waals surface area contributed by atoms with Gasteiger partial charge in [0.15, 0.2) is 0 Å². The smallest absolute Gasteiger partial charge is 0.249 e. The minimum atomic E-state index is -0.682. The molecular formula is C15H20N2O3. The molecule has 5 nitrogen and oxygen atoms in total. The fraction of sp³-hybridized carbons (Fsp3) is 0.467. The van der Waals surface area contributed by atoms with E-state index >= 15 is 0 Å². The van der Waals surface area contributed by atoms with Crippen molar-refractivity contribution in [3.8, 4) is 0 Å². The summed E-state index contributed by atoms with van der Waals surface area (Å²) in [7, 11) is 0. The van der Waals surface area contributed by atoms with E-state index in [-0.39, 0.29) is 18.2 Å². The highest BCUT2D eigenvalue weighted by Gasteiger charge is 2.25. The van der Waals surface area contributed by atoms with E-state index in [9.17, 15) is 9.59 Å². The maximum absolute atomic E-state index is 11.9. The van der Waals surface area contributed by atoms with Crippen molar-refractivity contribution in [3.63, 3.8) is 0 Å². The summed E-state index contributed by atoms with van der Waals surface area (Å²) in [5.74, 6) is 0.0185. The first kappa shape index (κ1) is 14.5. The summed E-state index contributed by atoms with van der Waals surface area (Å²) >= 11 is 0. The van der Waals surface area contributed by atoms with Crippen LogP contribution in [0.15, 0.2) is 24.3 Å². The number of hydrogen-bond donors (Lipinski definition) is 2. The quantitative estimate of drug-likeness (QED) is 0.878. The summed E-state index contributed by atoms with van der Waals surface area (Å²) < 4.78 is 5.28. The van der Waals surface area contributed by atoms with Crippen LogP contribution in [-0.4, -0.2) is 31.1 Å². The van der Waals surface area contributed by atoms with E-state index in [1.54, 1.807) is 0 Å². The Morgan fingerprint density at radius 2 is 2.10 bits per heavy atom. The van der Waals surface area contributed by atoms with Gasteiger partial charge in [0.25, 0.3) is 0 Å². The molecule has 20 heavy (non-hydrogen) atoms. The molecule has 1 heterocycles. The number of amides is 2. The Balaban J connectivity index is 1.89. The number of ether oxygens (including phenoxy) is 1. The Morgan fingerprint density at radius 3 is 2.70 bits per heavy atom. The van der Waals surface area contributed by atoms with Gasteiger partial charge in [0.05, 0.1) is 13.0 Å². The standard InChI is InChI=1S/C15H20N2O3/c1-10(2)11-3-5-12(6-4-11)17-14(18)9-13-15(19)16-7-8-20-13/h3-6,10,13H,7-9H2,1-2H3,(H,16,19)(H,17,18). The number of anilines is 1. The molecule has 108 valence electrons. The highest BCUT2D eigenvalue weighted by Crippen LogP contribution is 2.17. The third-order valence-corrected chi connectivity index (χ3v) is 3.24. The molecule has 2 amide bonds. The Kier molecular flexibility index (Phi) is 4.74. The number of nitrogens with one attached hydrogen (secondary N) is 2. The number of hydrogen-bond acceptors (Lipinski definition) is 3. The van der Waals surface area contributed by atoms with E-state index in [2.05, 4.69) is 24.5 Å². The fourth-order valence-corrected chi connectivity index (χ4v) is 2.05. The average Bonchev–Trinajstić information content (AvgIpc) is 2.42. The summed E-state index contributed by atoms with van der Waals surface area (Å²) in [6, 6.07) is 7.72. The zero-order valence-electron chi connectivity index (χ0n) is 11.8. The van der Waals surface area contributed by atoms with E-state index in [1.165, 1.54) is 5.56 Å². The van der Waals surface area contributed by atoms with Gasteiger partial charge in [0.1, 0.15) is 6.10 Å². The summed E-state index contributed by atoms with van der Waals surface area (Å²) in [6.07, 6.45) is -0.642. The molecule has 1 aromatic rings. The van der Waals surface area contributed by atoms with E-state index in [0.29, 0.717) is 19.1 Å². The molecule has 5 heteroatoms. The van der Waals surface area contributed by atoms with Gasteiger partial charge in [-0.25, -0.2) is 0 Å². The number of carbonyl (C=O) groups is 2. The van der Waals surface area contributed by atoms with Crippen molar-refractivity contribution in [2.45, 2.75) is 32.3 Å². The van der Waals surface area contributed by atoms with Crippen LogP contribution in [0.2, 0.25) is 0 Å². The molecule has 2 rings (SSSR count). The van der Waals surface area contributed by atoms with Crippen LogP contribution in [0.25, 0.3) is 0 Å². The van der Waals surface area contributed by atoms with Crippen molar-refractivity contribution in [1.29, 1.82) is 0 Å². The van der Waals surface area contributed by atoms with Crippen LogP contribution >= 0.6 is 0 Å². The van der Waals surface area contributed by atoms with Crippen LogP contribution < -0.4 is 10.6 Å². The topological polar surface area (TPSA) is 67.4 Å². The van der Waals surface area contributed by atoms with Gasteiger partial charge in [-0.05, 0) is 23.6 Å². The number of rotatable bonds is 4. The molecule has 0 bridgehead atoms. The molecule has 1 unspecified atom stereocenters. The number of benzene rings is 1. The lowest BCUT2D eigenvalue weighted by atomic mass is 10.0. The van der Waals surface area contributed by atoms with E-state index in [1.807, 2.05) is 24.3 Å². The first-order chi connectivity index (χ1) is 9.56. The Bertz CT molecular complexity index is 482. The van der Waals surface area contributed by atoms with Crippen molar-refractivity contribution in [2.24, 2.45) is 0 Å². The summed E-state index contributed by atoms with van der Waals surface area (Å²) in [5, 5.41) is 5.45. The maximum Gasteiger partial charge on any atom is 0.249 e. The van der Waals surface area contributed by atoms with Gasteiger partial charge in [-0.2, -0.15) is 0 Å². The first-order valence-corrected chi connectivity index (χ1v) is 6.85. The van der Waals surface area contributed by atoms with Crippen molar-refractivity contribution < 1.29 is 14.3 Å². The zero-order valence-corrected chi connectivity index (χ0v) is 11.8. The normalized spacial score (nSPS) is 18.8. The van der Waals surface area contributed by atoms with Crippen LogP contribution in [-0.2, 0) is 14.3 Å². The molecule has 2 N–H and O–H groups in total. The largest absolute Gasteiger partial charge is 0.366 e. The lowest BCUT2D eigenvalue weighted by molar-refractivity contribution is -0.141. The van der Waals surface area contributed by atoms with Gasteiger partial charge in [-0.3, -0.25) is 9.59 Å². The van der Waals surface area contributed by atoms with Crippen LogP contribution in [0.3, 0.4) is 0 Å². The molecule has 0 saturated carbocycles. The van der Waals surface area contributed by atoms with E-state index in [0.717, 1.165) is 5.69 Å². The monoisotopic (exact) mass is 276 g/mol. The Morgan fingerprint density at radius 1 is 1.40 bits per heavy atom. The maximum atomic E-state index is 11.9. The second kappa shape index (κ2) is 6.52. The van der Waals surface area contributed by atoms with E-state index < -0.39 is 6.10 Å². The molecule has 1 aliphatic rings. The average molecular weight is 276 g/mol. The molecule has 1 fully saturated rings. The SMILES string of the molecule is CC(C)c1ccc(NC(=O)CC2OCCNC2=O)cc1. The first-order valence-electron chi connectivity index (χ1n) is 6.85. The molecule has 0 spiro atoms. The van der Waals surface area contributed by atoms with Crippen LogP contribution in [0.5, 0.6) is 0 Å². The molecular weight excluding hydrogens is 256 g/mol. The molecule has 1 atom stereocenters. The van der Waals surface area contributed by atoms with Crippen molar-refractivity contribution in [1.82, 2.24) is 5.32 Å². The third kappa shape index (κ3) is 3.81. The highest BCUT2D eigenvalue weighted by atomic mass is 16.5. The van der Waals surface area contributed by atoms with Crippen LogP contribution in [0.4, 0.5) is 5.69 Å². The van der Waals surface area contributed by atoms with Crippen LogP contribution in [0.1, 0.15) is 31.7 Å². The van der Waals surface area contributed by atoms with Gasteiger partial charge in [0, 0.05) is 12.2 Å². The van der Waals surface area contributed by atoms with Crippen molar-refractivity contribution in [2.75, 3.05) is 18.5 Å². The highest BCUT2D eigenvalue weighted by molar-refractivity contribution is 5.95. The predicted octanol–water partition coefficient (Wildman–Crippen LogP) is 1.65. The molecule has 1 aliphatic heterocycles. The van der Waals surface area contributed by atoms with Gasteiger partial charge >= 0.3 is 0 Å². The molecule has 0 aromatic heterocycles. The second-order valence-electron chi connectivity index (χ2n) is 5.18. The van der Waals surface area contributed by atoms with Crippen LogP contribution in [0, 0.1) is 0 Å². The van der Waals surface area contributed by atoms with Gasteiger partial charge in [-0.1, -0.05) is 26.0 Å². The van der Waals surface area contributed by atoms with Crippen molar-refractivity contribution in [3.05, 3.63) is 29.8 Å². The molecule has 1 saturated heterocycles. The third-order valence-electron chi connectivity index (χ3n) is 3.24. The van der Waals surface area contributed by atoms with E-state index in [4.69, 9.17) is 4.74 Å². The Labute approximate surface area is 118 Å². The van der Waals surface area contributed by atoms with Crippen molar-refractivity contribution >= 4 is 17.5 Å².